The Hall–Kier alpha value is -5.02. The van der Waals surface area contributed by atoms with Gasteiger partial charge in [0.15, 0.2) is 6.10 Å². The van der Waals surface area contributed by atoms with Crippen molar-refractivity contribution in [1.82, 2.24) is 5.32 Å². The highest BCUT2D eigenvalue weighted by Crippen LogP contribution is 2.62. The highest BCUT2D eigenvalue weighted by atomic mass is 32.2. The van der Waals surface area contributed by atoms with Gasteiger partial charge in [0, 0.05) is 41.6 Å². The summed E-state index contributed by atoms with van der Waals surface area (Å²) in [5.74, 6) is -86.7. The number of hydrogen-bond acceptors (Lipinski definition) is 14. The van der Waals surface area contributed by atoms with Crippen molar-refractivity contribution in [3.05, 3.63) is 25.3 Å². The second kappa shape index (κ2) is 28.8. The van der Waals surface area contributed by atoms with Crippen LogP contribution in [-0.4, -0.2) is 176 Å². The summed E-state index contributed by atoms with van der Waals surface area (Å²) < 4.78 is 376. The number of rotatable bonds is 36. The molecular weight excluding hydrogens is 1230 g/mol. The lowest BCUT2D eigenvalue weighted by atomic mass is 9.93. The van der Waals surface area contributed by atoms with Gasteiger partial charge in [0.25, 0.3) is 0 Å². The molecule has 80 heavy (non-hydrogen) atoms. The van der Waals surface area contributed by atoms with Crippen LogP contribution in [0.15, 0.2) is 25.3 Å². The smallest absolute Gasteiger partial charge is 0.460 e. The van der Waals surface area contributed by atoms with E-state index in [-0.39, 0.29) is 6.42 Å². The molecule has 0 aliphatic carbocycles. The number of thioether (sulfide) groups is 2. The standard InChI is InChI=1S/C39H39F26NO12S2/c1-3-22(67)73-12-5-6-26(71)77-20(18-79-16-7-24(69)74-13-9-28(40,41)30(44,45)32(48,49)34(52,53)36(56,57)38(60,61)62)21(78-27(72)66-11-15-76-23(68)4-2)19-80-17-8-25(70)75-14-10-29(42,43)31(46,47)33(50,51)35(54,55)37(58,59)39(63,64)65/h3-4,20-21H,1-2,5-19H2,(H,66,72). The summed E-state index contributed by atoms with van der Waals surface area (Å²) in [5.41, 5.74) is 0. The first-order chi connectivity index (χ1) is 36.0. The van der Waals surface area contributed by atoms with Gasteiger partial charge in [-0.25, -0.2) is 14.4 Å². The van der Waals surface area contributed by atoms with E-state index in [1.165, 1.54) is 0 Å². The predicted molar refractivity (Wildman–Crippen MR) is 216 cm³/mol. The van der Waals surface area contributed by atoms with E-state index < -0.39 is 208 Å². The van der Waals surface area contributed by atoms with Gasteiger partial charge in [-0.2, -0.15) is 138 Å². The molecule has 41 heteroatoms. The van der Waals surface area contributed by atoms with Crippen molar-refractivity contribution in [2.45, 2.75) is 122 Å². The number of amides is 1. The Kier molecular flexibility index (Phi) is 27.0. The highest BCUT2D eigenvalue weighted by Gasteiger charge is 2.92. The number of carbonyl (C=O) groups excluding carboxylic acids is 6. The number of ether oxygens (including phenoxy) is 6. The first-order valence-electron chi connectivity index (χ1n) is 21.1. The monoisotopic (exact) mass is 1270 g/mol. The molecule has 466 valence electrons. The third kappa shape index (κ3) is 18.5. The van der Waals surface area contributed by atoms with Gasteiger partial charge in [-0.1, -0.05) is 13.2 Å². The van der Waals surface area contributed by atoms with Crippen LogP contribution >= 0.6 is 23.5 Å². The van der Waals surface area contributed by atoms with Crippen LogP contribution in [0.25, 0.3) is 0 Å². The number of alkyl halides is 26. The van der Waals surface area contributed by atoms with E-state index >= 15 is 0 Å². The van der Waals surface area contributed by atoms with Gasteiger partial charge in [-0.05, 0) is 6.42 Å². The number of carbonyl (C=O) groups is 6. The van der Waals surface area contributed by atoms with Crippen LogP contribution in [0.3, 0.4) is 0 Å². The number of hydrogen-bond donors (Lipinski definition) is 1. The molecule has 0 radical (unpaired) electrons. The van der Waals surface area contributed by atoms with Crippen molar-refractivity contribution >= 4 is 59.5 Å². The summed E-state index contributed by atoms with van der Waals surface area (Å²) in [4.78, 5) is 72.5. The lowest BCUT2D eigenvalue weighted by Gasteiger charge is -2.39. The summed E-state index contributed by atoms with van der Waals surface area (Å²) in [6.07, 6.45) is -28.0. The maximum absolute atomic E-state index is 14.1. The van der Waals surface area contributed by atoms with E-state index in [1.54, 1.807) is 0 Å². The van der Waals surface area contributed by atoms with Crippen molar-refractivity contribution in [1.29, 1.82) is 0 Å². The van der Waals surface area contributed by atoms with E-state index in [9.17, 15) is 143 Å². The molecule has 0 rings (SSSR count). The Morgan fingerprint density at radius 3 is 1.10 bits per heavy atom. The Morgan fingerprint density at radius 1 is 0.412 bits per heavy atom. The molecule has 13 nitrogen and oxygen atoms in total. The molecule has 0 heterocycles. The molecule has 0 aliphatic rings. The summed E-state index contributed by atoms with van der Waals surface area (Å²) in [6.45, 7) is 0.336. The van der Waals surface area contributed by atoms with Crippen LogP contribution in [0.5, 0.6) is 0 Å². The SMILES string of the molecule is C=CC(=O)OCCCC(=O)OC(CSCCC(=O)OCCC(F)(F)C(F)(F)C(F)(F)C(F)(F)C(F)(F)C(F)(F)F)C(CSCCC(=O)OCCC(F)(F)C(F)(F)C(F)(F)C(F)(F)C(F)(F)C(F)(F)F)OC(=O)NCCOC(=O)C=C. The van der Waals surface area contributed by atoms with Crippen LogP contribution in [-0.2, 0) is 52.4 Å². The average Bonchev–Trinajstić information content (AvgIpc) is 3.31. The van der Waals surface area contributed by atoms with Crippen molar-refractivity contribution in [2.24, 2.45) is 0 Å². The summed E-state index contributed by atoms with van der Waals surface area (Å²) in [7, 11) is 0. The minimum Gasteiger partial charge on any atom is -0.465 e. The average molecular weight is 1270 g/mol. The minimum absolute atomic E-state index is 0.312. The van der Waals surface area contributed by atoms with E-state index in [1.807, 2.05) is 5.32 Å². The molecule has 1 N–H and O–H groups in total. The molecule has 2 atom stereocenters. The molecule has 0 fully saturated rings. The molecule has 0 spiro atoms. The first-order valence-corrected chi connectivity index (χ1v) is 23.4. The number of esters is 5. The van der Waals surface area contributed by atoms with Crippen molar-refractivity contribution in [2.75, 3.05) is 56.0 Å². The molecule has 0 bridgehead atoms. The van der Waals surface area contributed by atoms with Gasteiger partial charge in [-0.3, -0.25) is 14.4 Å². The van der Waals surface area contributed by atoms with Crippen molar-refractivity contribution in [3.63, 3.8) is 0 Å². The highest BCUT2D eigenvalue weighted by molar-refractivity contribution is 7.99. The summed E-state index contributed by atoms with van der Waals surface area (Å²) >= 11 is 0.874. The predicted octanol–water partition coefficient (Wildman–Crippen LogP) is 10.8. The molecule has 1 amide bonds. The Bertz CT molecular complexity index is 1970. The second-order valence-corrected chi connectivity index (χ2v) is 17.6. The molecule has 2 unspecified atom stereocenters. The first kappa shape index (κ1) is 75.0. The molecule has 0 aromatic rings. The molecule has 0 aromatic carbocycles. The molecule has 0 aromatic heterocycles. The topological polar surface area (TPSA) is 170 Å². The van der Waals surface area contributed by atoms with Gasteiger partial charge in [0.1, 0.15) is 12.7 Å². The number of nitrogens with one attached hydrogen (secondary N) is 1. The zero-order valence-electron chi connectivity index (χ0n) is 39.4. The van der Waals surface area contributed by atoms with Crippen LogP contribution in [0.4, 0.5) is 119 Å². The maximum atomic E-state index is 14.1. The van der Waals surface area contributed by atoms with Gasteiger partial charge >= 0.3 is 108 Å². The second-order valence-electron chi connectivity index (χ2n) is 15.3. The molecule has 0 saturated heterocycles. The number of halogens is 26. The van der Waals surface area contributed by atoms with Crippen LogP contribution < -0.4 is 5.32 Å². The fraction of sp³-hybridized carbons (Fsp3) is 0.744. The van der Waals surface area contributed by atoms with Gasteiger partial charge in [0.2, 0.25) is 0 Å². The Labute approximate surface area is 439 Å². The van der Waals surface area contributed by atoms with E-state index in [0.29, 0.717) is 35.7 Å². The van der Waals surface area contributed by atoms with E-state index in [4.69, 9.17) is 9.47 Å². The maximum Gasteiger partial charge on any atom is 0.460 e. The lowest BCUT2D eigenvalue weighted by molar-refractivity contribution is -0.440. The summed E-state index contributed by atoms with van der Waals surface area (Å²) in [5, 5.41) is 2.03. The van der Waals surface area contributed by atoms with Crippen LogP contribution in [0, 0.1) is 0 Å². The largest absolute Gasteiger partial charge is 0.465 e. The van der Waals surface area contributed by atoms with Crippen LogP contribution in [0.1, 0.15) is 38.5 Å². The van der Waals surface area contributed by atoms with Crippen molar-refractivity contribution in [3.8, 4) is 0 Å². The zero-order valence-corrected chi connectivity index (χ0v) is 41.0. The molecule has 0 aliphatic heterocycles. The third-order valence-electron chi connectivity index (χ3n) is 9.49. The van der Waals surface area contributed by atoms with Crippen LogP contribution in [0.2, 0.25) is 0 Å². The summed E-state index contributed by atoms with van der Waals surface area (Å²) in [6, 6.07) is 0. The lowest BCUT2D eigenvalue weighted by Crippen LogP contribution is -2.70. The van der Waals surface area contributed by atoms with Gasteiger partial charge in [-0.15, -0.1) is 0 Å². The fourth-order valence-corrected chi connectivity index (χ4v) is 7.00. The van der Waals surface area contributed by atoms with Gasteiger partial charge in [0.05, 0.1) is 52.0 Å². The minimum atomic E-state index is -8.20. The fourth-order valence-electron chi connectivity index (χ4n) is 5.01. The van der Waals surface area contributed by atoms with Gasteiger partial charge < -0.3 is 33.7 Å². The van der Waals surface area contributed by atoms with Crippen molar-refractivity contribution < 1.29 is 171 Å². The quantitative estimate of drug-likeness (QED) is 0.0207. The van der Waals surface area contributed by atoms with E-state index in [0.717, 1.165) is 0 Å². The Morgan fingerprint density at radius 2 is 0.750 bits per heavy atom. The third-order valence-corrected chi connectivity index (χ3v) is 11.6. The van der Waals surface area contributed by atoms with E-state index in [2.05, 4.69) is 32.1 Å². The Balaban J connectivity index is 6.28. The number of alkyl carbamates (subject to hydrolysis) is 1. The molecular formula is C39H39F26NO12S2. The zero-order chi connectivity index (χ0) is 63.0. The molecule has 0 saturated carbocycles. The normalized spacial score (nSPS) is 14.5.